The number of nitriles is 1. The largest absolute Gasteiger partial charge is 0.441 e. The van der Waals surface area contributed by atoms with Gasteiger partial charge in [0.1, 0.15) is 12.2 Å². The van der Waals surface area contributed by atoms with Crippen LogP contribution in [0, 0.1) is 11.3 Å². The molecule has 2 fully saturated rings. The van der Waals surface area contributed by atoms with E-state index >= 15 is 0 Å². The number of nitrogens with zero attached hydrogens (tertiary/aromatic N) is 1. The van der Waals surface area contributed by atoms with Crippen LogP contribution in [0.25, 0.3) is 0 Å². The number of carbonyl (C=O) groups is 2. The summed E-state index contributed by atoms with van der Waals surface area (Å²) in [7, 11) is 0. The van der Waals surface area contributed by atoms with Gasteiger partial charge in [0.25, 0.3) is 0 Å². The first kappa shape index (κ1) is 22.7. The molecular formula is C23H22N4O5S. The molecule has 9 nitrogen and oxygen atoms in total. The Kier molecular flexibility index (Phi) is 6.84. The molecule has 4 rings (SSSR count). The van der Waals surface area contributed by atoms with Crippen LogP contribution in [0.1, 0.15) is 22.8 Å². The van der Waals surface area contributed by atoms with Gasteiger partial charge >= 0.3 is 6.09 Å². The lowest BCUT2D eigenvalue weighted by Gasteiger charge is -2.20. The Balaban J connectivity index is 1.27. The second kappa shape index (κ2) is 9.95. The van der Waals surface area contributed by atoms with E-state index in [1.807, 2.05) is 6.07 Å². The van der Waals surface area contributed by atoms with Crippen molar-refractivity contribution < 1.29 is 23.8 Å². The number of hydrogen-bond acceptors (Lipinski definition) is 7. The third kappa shape index (κ3) is 5.46. The van der Waals surface area contributed by atoms with Gasteiger partial charge in [-0.1, -0.05) is 6.07 Å². The van der Waals surface area contributed by atoms with E-state index in [-0.39, 0.29) is 24.5 Å². The summed E-state index contributed by atoms with van der Waals surface area (Å²) < 4.78 is 17.2. The highest BCUT2D eigenvalue weighted by atomic mass is 32.1. The predicted molar refractivity (Wildman–Crippen MR) is 124 cm³/mol. The van der Waals surface area contributed by atoms with Crippen molar-refractivity contribution in [1.29, 1.82) is 5.26 Å². The maximum Gasteiger partial charge on any atom is 0.412 e. The number of carbonyl (C=O) groups excluding carboxylic acids is 2. The highest BCUT2D eigenvalue weighted by Gasteiger charge is 2.49. The monoisotopic (exact) mass is 466 g/mol. The molecule has 0 radical (unpaired) electrons. The van der Waals surface area contributed by atoms with Gasteiger partial charge in [0.05, 0.1) is 30.9 Å². The molecule has 1 amide bonds. The van der Waals surface area contributed by atoms with Crippen molar-refractivity contribution in [2.75, 3.05) is 23.8 Å². The first-order valence-corrected chi connectivity index (χ1v) is 10.7. The summed E-state index contributed by atoms with van der Waals surface area (Å²) >= 11 is 5.38. The molecule has 33 heavy (non-hydrogen) atoms. The molecule has 0 aliphatic carbocycles. The molecule has 4 atom stereocenters. The summed E-state index contributed by atoms with van der Waals surface area (Å²) in [5.41, 5.74) is 2.30. The van der Waals surface area contributed by atoms with Crippen LogP contribution in [0.15, 0.2) is 48.5 Å². The molecule has 0 spiro atoms. The zero-order valence-electron chi connectivity index (χ0n) is 17.7. The van der Waals surface area contributed by atoms with Gasteiger partial charge in [-0.3, -0.25) is 10.1 Å². The summed E-state index contributed by atoms with van der Waals surface area (Å²) in [6.45, 7) is 2.02. The van der Waals surface area contributed by atoms with Crippen molar-refractivity contribution >= 4 is 40.6 Å². The lowest BCUT2D eigenvalue weighted by atomic mass is 10.1. The zero-order chi connectivity index (χ0) is 23.4. The molecule has 10 heteroatoms. The van der Waals surface area contributed by atoms with Gasteiger partial charge in [-0.2, -0.15) is 5.26 Å². The number of fused-ring (bicyclic) bond motifs is 1. The van der Waals surface area contributed by atoms with E-state index in [0.29, 0.717) is 34.2 Å². The lowest BCUT2D eigenvalue weighted by Crippen LogP contribution is -2.46. The summed E-state index contributed by atoms with van der Waals surface area (Å²) in [5.74, 6) is -0.0508. The number of hydrogen-bond donors (Lipinski definition) is 3. The van der Waals surface area contributed by atoms with Gasteiger partial charge in [-0.15, -0.1) is 0 Å². The fourth-order valence-corrected chi connectivity index (χ4v) is 4.03. The average Bonchev–Trinajstić information content (AvgIpc) is 3.37. The highest BCUT2D eigenvalue weighted by molar-refractivity contribution is 7.80. The van der Waals surface area contributed by atoms with Gasteiger partial charge in [0.2, 0.25) is 0 Å². The number of nitrogens with one attached hydrogen (secondary N) is 3. The first-order chi connectivity index (χ1) is 15.9. The summed E-state index contributed by atoms with van der Waals surface area (Å²) in [4.78, 5) is 23.7. The van der Waals surface area contributed by atoms with Gasteiger partial charge in [0, 0.05) is 16.9 Å². The summed E-state index contributed by atoms with van der Waals surface area (Å²) in [6.07, 6.45) is -1.94. The van der Waals surface area contributed by atoms with Crippen LogP contribution in [0.4, 0.5) is 16.2 Å². The Morgan fingerprint density at radius 3 is 2.55 bits per heavy atom. The molecular weight excluding hydrogens is 444 g/mol. The molecule has 2 heterocycles. The van der Waals surface area contributed by atoms with Crippen LogP contribution >= 0.6 is 12.2 Å². The Morgan fingerprint density at radius 1 is 1.06 bits per heavy atom. The van der Waals surface area contributed by atoms with E-state index in [9.17, 15) is 9.59 Å². The third-order valence-corrected chi connectivity index (χ3v) is 5.59. The van der Waals surface area contributed by atoms with Crippen LogP contribution in [0.5, 0.6) is 0 Å². The molecule has 170 valence electrons. The van der Waals surface area contributed by atoms with Crippen LogP contribution in [-0.2, 0) is 14.2 Å². The third-order valence-electron chi connectivity index (χ3n) is 5.37. The number of benzene rings is 2. The Labute approximate surface area is 196 Å². The number of rotatable bonds is 5. The molecule has 2 aromatic carbocycles. The molecule has 0 aromatic heterocycles. The average molecular weight is 467 g/mol. The highest BCUT2D eigenvalue weighted by Crippen LogP contribution is 2.29. The lowest BCUT2D eigenvalue weighted by molar-refractivity contribution is 0.00880. The summed E-state index contributed by atoms with van der Waals surface area (Å²) in [6, 6.07) is 15.4. The van der Waals surface area contributed by atoms with E-state index in [1.54, 1.807) is 42.5 Å². The number of ether oxygens (including phenoxy) is 3. The molecule has 2 aliphatic heterocycles. The number of Topliss-reactive ketones (excluding diaryl/α,β-unsaturated/α-hetero) is 1. The number of thiocarbonyl (C=S) groups is 1. The fourth-order valence-electron chi connectivity index (χ4n) is 3.76. The van der Waals surface area contributed by atoms with Crippen LogP contribution in [-0.4, -0.2) is 54.6 Å². The second-order valence-corrected chi connectivity index (χ2v) is 8.10. The van der Waals surface area contributed by atoms with Gasteiger partial charge in [0.15, 0.2) is 17.0 Å². The van der Waals surface area contributed by atoms with Gasteiger partial charge in [-0.05, 0) is 61.6 Å². The number of amides is 1. The predicted octanol–water partition coefficient (Wildman–Crippen LogP) is 2.83. The minimum absolute atomic E-state index is 0.0508. The zero-order valence-corrected chi connectivity index (χ0v) is 18.6. The maximum absolute atomic E-state index is 12.3. The van der Waals surface area contributed by atoms with Crippen LogP contribution in [0.3, 0.4) is 0 Å². The van der Waals surface area contributed by atoms with Crippen molar-refractivity contribution in [3.8, 4) is 6.07 Å². The Morgan fingerprint density at radius 2 is 1.82 bits per heavy atom. The Bertz CT molecular complexity index is 1100. The Hall–Kier alpha value is -3.52. The topological polar surface area (TPSA) is 122 Å². The maximum atomic E-state index is 12.3. The van der Waals surface area contributed by atoms with Crippen molar-refractivity contribution in [2.45, 2.75) is 31.3 Å². The number of ketones is 1. The van der Waals surface area contributed by atoms with Crippen molar-refractivity contribution in [3.63, 3.8) is 0 Å². The number of anilines is 2. The van der Waals surface area contributed by atoms with Crippen LogP contribution < -0.4 is 16.0 Å². The van der Waals surface area contributed by atoms with Gasteiger partial charge in [-0.25, -0.2) is 4.79 Å². The second-order valence-electron chi connectivity index (χ2n) is 7.70. The molecule has 0 unspecified atom stereocenters. The SMILES string of the molecule is CC(=O)c1ccc(NC(=O)O[C@H]2CO[C@@H]3[C@@H]2OC[C@@H]3NC(=S)Nc2cccc(C#N)c2)cc1. The van der Waals surface area contributed by atoms with E-state index in [0.717, 1.165) is 0 Å². The minimum Gasteiger partial charge on any atom is -0.441 e. The summed E-state index contributed by atoms with van der Waals surface area (Å²) in [5, 5.41) is 18.2. The normalized spacial score (nSPS) is 23.2. The van der Waals surface area contributed by atoms with E-state index < -0.39 is 18.3 Å². The standard InChI is InChI=1S/C23H22N4O5S/c1-13(28)15-5-7-16(8-6-15)26-23(29)32-19-12-31-20-18(11-30-21(19)20)27-22(33)25-17-4-2-3-14(9-17)10-24/h2-9,18-21H,11-12H2,1H3,(H,26,29)(H2,25,27,33)/t18-,19-,20-,21+/m0/s1. The van der Waals surface area contributed by atoms with E-state index in [2.05, 4.69) is 22.0 Å². The van der Waals surface area contributed by atoms with E-state index in [1.165, 1.54) is 6.92 Å². The van der Waals surface area contributed by atoms with E-state index in [4.69, 9.17) is 31.7 Å². The van der Waals surface area contributed by atoms with Crippen molar-refractivity contribution in [2.24, 2.45) is 0 Å². The first-order valence-electron chi connectivity index (χ1n) is 10.3. The molecule has 2 saturated heterocycles. The van der Waals surface area contributed by atoms with Crippen molar-refractivity contribution in [3.05, 3.63) is 59.7 Å². The molecule has 2 aliphatic rings. The smallest absolute Gasteiger partial charge is 0.412 e. The molecule has 2 aromatic rings. The molecule has 3 N–H and O–H groups in total. The van der Waals surface area contributed by atoms with Crippen molar-refractivity contribution in [1.82, 2.24) is 5.32 Å². The van der Waals surface area contributed by atoms with Gasteiger partial charge < -0.3 is 24.8 Å². The molecule has 0 saturated carbocycles. The quantitative estimate of drug-likeness (QED) is 0.451. The minimum atomic E-state index is -0.630. The molecule has 0 bridgehead atoms. The fraction of sp³-hybridized carbons (Fsp3) is 0.304. The van der Waals surface area contributed by atoms with Crippen LogP contribution in [0.2, 0.25) is 0 Å².